The summed E-state index contributed by atoms with van der Waals surface area (Å²) in [6.45, 7) is 1.03. The van der Waals surface area contributed by atoms with Crippen molar-refractivity contribution in [3.63, 3.8) is 0 Å². The second-order valence-electron chi connectivity index (χ2n) is 6.33. The van der Waals surface area contributed by atoms with Gasteiger partial charge in [-0.25, -0.2) is 4.79 Å². The molecule has 3 rings (SSSR count). The summed E-state index contributed by atoms with van der Waals surface area (Å²) >= 11 is 7.42. The third-order valence-electron chi connectivity index (χ3n) is 4.35. The first-order valence-electron chi connectivity index (χ1n) is 8.81. The summed E-state index contributed by atoms with van der Waals surface area (Å²) in [4.78, 5) is 35.3. The van der Waals surface area contributed by atoms with Crippen molar-refractivity contribution in [1.29, 1.82) is 0 Å². The van der Waals surface area contributed by atoms with E-state index in [9.17, 15) is 19.7 Å². The van der Waals surface area contributed by atoms with Crippen molar-refractivity contribution in [1.82, 2.24) is 0 Å². The van der Waals surface area contributed by atoms with Crippen molar-refractivity contribution in [2.75, 3.05) is 26.1 Å². The number of ether oxygens (including phenoxy) is 3. The molecule has 1 N–H and O–H groups in total. The molecule has 31 heavy (non-hydrogen) atoms. The Morgan fingerprint density at radius 1 is 1.19 bits per heavy atom. The number of hydrogen-bond acceptors (Lipinski definition) is 8. The standard InChI is InChI=1S/C20H17ClN2O7S/c1-10-6-14(23(26)27)15(29-3)8-13(10)22-17(24)9-30-20(25)19-18(21)12-5-4-11(28-2)7-16(12)31-19/h4-8H,9H2,1-3H3,(H,22,24). The maximum Gasteiger partial charge on any atom is 0.350 e. The molecule has 0 aliphatic carbocycles. The Kier molecular flexibility index (Phi) is 6.62. The van der Waals surface area contributed by atoms with Crippen LogP contribution in [0.3, 0.4) is 0 Å². The molecule has 11 heteroatoms. The molecule has 1 aromatic heterocycles. The average molecular weight is 465 g/mol. The second kappa shape index (κ2) is 9.19. The summed E-state index contributed by atoms with van der Waals surface area (Å²) in [6, 6.07) is 7.83. The van der Waals surface area contributed by atoms with Gasteiger partial charge in [0.05, 0.1) is 24.2 Å². The van der Waals surface area contributed by atoms with Crippen LogP contribution < -0.4 is 14.8 Å². The molecule has 2 aromatic carbocycles. The number of rotatable bonds is 7. The van der Waals surface area contributed by atoms with Crippen molar-refractivity contribution in [3.05, 3.63) is 55.9 Å². The number of nitro benzene ring substituents is 1. The number of nitrogens with one attached hydrogen (secondary N) is 1. The largest absolute Gasteiger partial charge is 0.497 e. The van der Waals surface area contributed by atoms with Gasteiger partial charge >= 0.3 is 11.7 Å². The van der Waals surface area contributed by atoms with Gasteiger partial charge in [-0.05, 0) is 30.7 Å². The summed E-state index contributed by atoms with van der Waals surface area (Å²) < 4.78 is 16.0. The van der Waals surface area contributed by atoms with E-state index < -0.39 is 23.4 Å². The van der Waals surface area contributed by atoms with Crippen LogP contribution in [0.2, 0.25) is 5.02 Å². The molecule has 0 aliphatic rings. The van der Waals surface area contributed by atoms with Crippen molar-refractivity contribution in [2.45, 2.75) is 6.92 Å². The molecule has 0 spiro atoms. The second-order valence-corrected chi connectivity index (χ2v) is 7.76. The smallest absolute Gasteiger partial charge is 0.350 e. The lowest BCUT2D eigenvalue weighted by molar-refractivity contribution is -0.385. The summed E-state index contributed by atoms with van der Waals surface area (Å²) in [5.74, 6) is -0.737. The number of carbonyl (C=O) groups is 2. The van der Waals surface area contributed by atoms with Crippen LogP contribution in [0, 0.1) is 17.0 Å². The molecular formula is C20H17ClN2O7S. The van der Waals surface area contributed by atoms with Gasteiger partial charge in [0.25, 0.3) is 5.91 Å². The van der Waals surface area contributed by atoms with Crippen molar-refractivity contribution >= 4 is 56.3 Å². The lowest BCUT2D eigenvalue weighted by Gasteiger charge is -2.11. The first-order valence-corrected chi connectivity index (χ1v) is 10.0. The maximum absolute atomic E-state index is 12.4. The molecule has 162 valence electrons. The molecule has 0 atom stereocenters. The minimum Gasteiger partial charge on any atom is -0.497 e. The number of nitrogens with zero attached hydrogens (tertiary/aromatic N) is 1. The van der Waals surface area contributed by atoms with Gasteiger partial charge in [0.2, 0.25) is 0 Å². The van der Waals surface area contributed by atoms with E-state index in [1.807, 2.05) is 0 Å². The number of esters is 1. The molecule has 0 aliphatic heterocycles. The summed E-state index contributed by atoms with van der Waals surface area (Å²) in [5, 5.41) is 14.5. The Morgan fingerprint density at radius 2 is 1.94 bits per heavy atom. The van der Waals surface area contributed by atoms with Crippen LogP contribution in [0.4, 0.5) is 11.4 Å². The van der Waals surface area contributed by atoms with Crippen LogP contribution in [-0.2, 0) is 9.53 Å². The van der Waals surface area contributed by atoms with E-state index in [2.05, 4.69) is 5.32 Å². The first kappa shape index (κ1) is 22.3. The van der Waals surface area contributed by atoms with Gasteiger partial charge in [-0.2, -0.15) is 0 Å². The van der Waals surface area contributed by atoms with Crippen LogP contribution in [0.15, 0.2) is 30.3 Å². The van der Waals surface area contributed by atoms with Crippen LogP contribution >= 0.6 is 22.9 Å². The monoisotopic (exact) mass is 464 g/mol. The Morgan fingerprint density at radius 3 is 2.58 bits per heavy atom. The van der Waals surface area contributed by atoms with Crippen molar-refractivity contribution in [3.8, 4) is 11.5 Å². The Labute approximate surface area is 185 Å². The number of halogens is 1. The van der Waals surface area contributed by atoms with E-state index in [0.29, 0.717) is 22.4 Å². The number of hydrogen-bond donors (Lipinski definition) is 1. The van der Waals surface area contributed by atoms with Gasteiger partial charge in [0.1, 0.15) is 10.6 Å². The van der Waals surface area contributed by atoms with Gasteiger partial charge in [-0.15, -0.1) is 11.3 Å². The summed E-state index contributed by atoms with van der Waals surface area (Å²) in [7, 11) is 2.82. The quantitative estimate of drug-likeness (QED) is 0.309. The minimum atomic E-state index is -0.738. The van der Waals surface area contributed by atoms with Crippen molar-refractivity contribution in [2.24, 2.45) is 0 Å². The zero-order valence-electron chi connectivity index (χ0n) is 16.7. The SMILES string of the molecule is COc1ccc2c(Cl)c(C(=O)OCC(=O)Nc3cc(OC)c([N+](=O)[O-])cc3C)sc2c1. The lowest BCUT2D eigenvalue weighted by Crippen LogP contribution is -2.21. The first-order chi connectivity index (χ1) is 14.7. The average Bonchev–Trinajstić information content (AvgIpc) is 3.08. The number of carbonyl (C=O) groups excluding carboxylic acids is 2. The number of methoxy groups -OCH3 is 2. The maximum atomic E-state index is 12.4. The number of thiophene rings is 1. The molecule has 0 radical (unpaired) electrons. The Balaban J connectivity index is 1.70. The fourth-order valence-electron chi connectivity index (χ4n) is 2.80. The van der Waals surface area contributed by atoms with Crippen LogP contribution in [0.25, 0.3) is 10.1 Å². The Hall–Kier alpha value is -3.37. The van der Waals surface area contributed by atoms with Gasteiger partial charge < -0.3 is 19.5 Å². The molecule has 0 fully saturated rings. The van der Waals surface area contributed by atoms with Crippen molar-refractivity contribution < 1.29 is 28.7 Å². The highest BCUT2D eigenvalue weighted by atomic mass is 35.5. The third kappa shape index (κ3) is 4.70. The minimum absolute atomic E-state index is 0.00428. The van der Waals surface area contributed by atoms with E-state index in [-0.39, 0.29) is 21.3 Å². The number of nitro groups is 1. The molecule has 0 saturated heterocycles. The number of amides is 1. The van der Waals surface area contributed by atoms with E-state index in [0.717, 1.165) is 16.0 Å². The predicted octanol–water partition coefficient (Wildman–Crippen LogP) is 4.58. The molecule has 1 amide bonds. The van der Waals surface area contributed by atoms with Gasteiger partial charge in [0.15, 0.2) is 12.4 Å². The zero-order chi connectivity index (χ0) is 22.7. The van der Waals surface area contributed by atoms with Gasteiger partial charge in [-0.3, -0.25) is 14.9 Å². The predicted molar refractivity (Wildman–Crippen MR) is 117 cm³/mol. The van der Waals surface area contributed by atoms with E-state index >= 15 is 0 Å². The van der Waals surface area contributed by atoms with Gasteiger partial charge in [0, 0.05) is 27.9 Å². The molecule has 0 bridgehead atoms. The number of aryl methyl sites for hydroxylation is 1. The fourth-order valence-corrected chi connectivity index (χ4v) is 4.23. The number of fused-ring (bicyclic) bond motifs is 1. The molecule has 1 heterocycles. The normalized spacial score (nSPS) is 10.6. The highest BCUT2D eigenvalue weighted by Crippen LogP contribution is 2.37. The Bertz CT molecular complexity index is 1190. The van der Waals surface area contributed by atoms with Gasteiger partial charge in [-0.1, -0.05) is 11.6 Å². The summed E-state index contributed by atoms with van der Waals surface area (Å²) in [6.07, 6.45) is 0. The third-order valence-corrected chi connectivity index (χ3v) is 5.99. The molecule has 0 saturated carbocycles. The van der Waals surface area contributed by atoms with Crippen LogP contribution in [0.5, 0.6) is 11.5 Å². The van der Waals surface area contributed by atoms with Crippen LogP contribution in [-0.4, -0.2) is 37.6 Å². The van der Waals surface area contributed by atoms with E-state index in [4.69, 9.17) is 25.8 Å². The summed E-state index contributed by atoms with van der Waals surface area (Å²) in [5.41, 5.74) is 0.532. The van der Waals surface area contributed by atoms with Crippen LogP contribution in [0.1, 0.15) is 15.2 Å². The highest BCUT2D eigenvalue weighted by molar-refractivity contribution is 7.21. The van der Waals surface area contributed by atoms with E-state index in [1.54, 1.807) is 25.1 Å². The molecule has 9 nitrogen and oxygen atoms in total. The highest BCUT2D eigenvalue weighted by Gasteiger charge is 2.21. The zero-order valence-corrected chi connectivity index (χ0v) is 18.3. The van der Waals surface area contributed by atoms with E-state index in [1.165, 1.54) is 26.4 Å². The lowest BCUT2D eigenvalue weighted by atomic mass is 10.1. The molecular weight excluding hydrogens is 448 g/mol. The fraction of sp³-hybridized carbons (Fsp3) is 0.200. The topological polar surface area (TPSA) is 117 Å². The molecule has 3 aromatic rings. The number of benzene rings is 2. The molecule has 0 unspecified atom stereocenters. The number of anilines is 1.